The molecule has 7 unspecified atom stereocenters. The summed E-state index contributed by atoms with van der Waals surface area (Å²) < 4.78 is 0. The molecule has 0 heterocycles. The Labute approximate surface area is 145 Å². The number of rotatable bonds is 1. The summed E-state index contributed by atoms with van der Waals surface area (Å²) in [6.45, 7) is 13.3. The molecular formula is C23H40. The standard InChI is InChI=1S/C21H34.C2H6/c1-14(2)19-10-11-20-18-9-8-15-6-4-5-7-16(15)17(18)12-13-21(19,20)3;1-2/h15-20H,1,4-13H2,2-3H3;1-2H3. The van der Waals surface area contributed by atoms with E-state index in [0.29, 0.717) is 5.41 Å². The monoisotopic (exact) mass is 316 g/mol. The molecule has 4 saturated carbocycles. The molecule has 4 aliphatic rings. The molecule has 0 spiro atoms. The van der Waals surface area contributed by atoms with Gasteiger partial charge in [-0.05, 0) is 92.8 Å². The van der Waals surface area contributed by atoms with Crippen LogP contribution >= 0.6 is 0 Å². The molecule has 4 rings (SSSR count). The van der Waals surface area contributed by atoms with Crippen molar-refractivity contribution in [3.63, 3.8) is 0 Å². The first-order valence-electron chi connectivity index (χ1n) is 10.8. The van der Waals surface area contributed by atoms with Crippen LogP contribution < -0.4 is 0 Å². The lowest BCUT2D eigenvalue weighted by atomic mass is 9.49. The van der Waals surface area contributed by atoms with Crippen LogP contribution in [0.15, 0.2) is 12.2 Å². The molecule has 0 nitrogen and oxygen atoms in total. The Morgan fingerprint density at radius 3 is 2.30 bits per heavy atom. The molecule has 0 saturated heterocycles. The van der Waals surface area contributed by atoms with Crippen molar-refractivity contribution in [2.24, 2.45) is 40.9 Å². The zero-order valence-electron chi connectivity index (χ0n) is 16.2. The molecule has 23 heavy (non-hydrogen) atoms. The SMILES string of the molecule is C=C(C)C1CCC2C3CCC4CCCCC4C3CCC12C.CC. The van der Waals surface area contributed by atoms with Gasteiger partial charge in [-0.3, -0.25) is 0 Å². The van der Waals surface area contributed by atoms with Crippen LogP contribution in [0.3, 0.4) is 0 Å². The summed E-state index contributed by atoms with van der Waals surface area (Å²) >= 11 is 0. The minimum Gasteiger partial charge on any atom is -0.0998 e. The molecule has 0 N–H and O–H groups in total. The van der Waals surface area contributed by atoms with Gasteiger partial charge in [0.2, 0.25) is 0 Å². The van der Waals surface area contributed by atoms with Crippen LogP contribution in [0.1, 0.15) is 91.9 Å². The Balaban J connectivity index is 0.000000753. The molecule has 0 aromatic rings. The van der Waals surface area contributed by atoms with Gasteiger partial charge in [0.05, 0.1) is 0 Å². The lowest BCUT2D eigenvalue weighted by molar-refractivity contribution is -0.0579. The third kappa shape index (κ3) is 2.83. The van der Waals surface area contributed by atoms with Crippen LogP contribution in [0, 0.1) is 40.9 Å². The first-order chi connectivity index (χ1) is 11.1. The quantitative estimate of drug-likeness (QED) is 0.447. The van der Waals surface area contributed by atoms with Gasteiger partial charge in [-0.15, -0.1) is 0 Å². The summed E-state index contributed by atoms with van der Waals surface area (Å²) in [6.07, 6.45) is 15.3. The van der Waals surface area contributed by atoms with E-state index in [1.54, 1.807) is 32.1 Å². The Morgan fingerprint density at radius 1 is 0.826 bits per heavy atom. The minimum atomic E-state index is 0.606. The normalized spacial score (nSPS) is 48.3. The van der Waals surface area contributed by atoms with Crippen molar-refractivity contribution in [2.45, 2.75) is 91.9 Å². The van der Waals surface area contributed by atoms with Crippen molar-refractivity contribution in [3.8, 4) is 0 Å². The van der Waals surface area contributed by atoms with Crippen molar-refractivity contribution >= 4 is 0 Å². The Bertz CT molecular complexity index is 422. The van der Waals surface area contributed by atoms with E-state index in [4.69, 9.17) is 0 Å². The van der Waals surface area contributed by atoms with Gasteiger partial charge < -0.3 is 0 Å². The van der Waals surface area contributed by atoms with E-state index in [9.17, 15) is 0 Å². The maximum Gasteiger partial charge on any atom is -0.0152 e. The number of fused-ring (bicyclic) bond motifs is 5. The average Bonchev–Trinajstić information content (AvgIpc) is 2.94. The molecule has 0 radical (unpaired) electrons. The van der Waals surface area contributed by atoms with Crippen LogP contribution in [-0.2, 0) is 0 Å². The van der Waals surface area contributed by atoms with Gasteiger partial charge in [0.1, 0.15) is 0 Å². The molecule has 0 heteroatoms. The molecule has 0 aliphatic heterocycles. The highest BCUT2D eigenvalue weighted by Gasteiger charge is 2.56. The summed E-state index contributed by atoms with van der Waals surface area (Å²) in [5.41, 5.74) is 2.08. The lowest BCUT2D eigenvalue weighted by Crippen LogP contribution is -2.48. The number of hydrogen-bond acceptors (Lipinski definition) is 0. The second kappa shape index (κ2) is 6.93. The van der Waals surface area contributed by atoms with E-state index in [1.807, 2.05) is 13.8 Å². The largest absolute Gasteiger partial charge is 0.0998 e. The highest BCUT2D eigenvalue weighted by Crippen LogP contribution is 2.65. The maximum absolute atomic E-state index is 4.34. The lowest BCUT2D eigenvalue weighted by Gasteiger charge is -2.56. The van der Waals surface area contributed by atoms with Gasteiger partial charge in [-0.25, -0.2) is 0 Å². The van der Waals surface area contributed by atoms with Crippen LogP contribution in [0.4, 0.5) is 0 Å². The second-order valence-electron chi connectivity index (χ2n) is 9.24. The van der Waals surface area contributed by atoms with Gasteiger partial charge in [-0.1, -0.05) is 52.2 Å². The molecule has 0 amide bonds. The molecule has 0 aromatic heterocycles. The molecular weight excluding hydrogens is 276 g/mol. The van der Waals surface area contributed by atoms with Gasteiger partial charge in [0.25, 0.3) is 0 Å². The average molecular weight is 317 g/mol. The fourth-order valence-corrected chi connectivity index (χ4v) is 7.64. The zero-order chi connectivity index (χ0) is 16.6. The molecule has 132 valence electrons. The first-order valence-corrected chi connectivity index (χ1v) is 10.8. The topological polar surface area (TPSA) is 0 Å². The summed E-state index contributed by atoms with van der Waals surface area (Å²) in [4.78, 5) is 0. The smallest absolute Gasteiger partial charge is 0.0152 e. The van der Waals surface area contributed by atoms with Crippen LogP contribution in [0.2, 0.25) is 0 Å². The van der Waals surface area contributed by atoms with E-state index in [-0.39, 0.29) is 0 Å². The van der Waals surface area contributed by atoms with E-state index >= 15 is 0 Å². The van der Waals surface area contributed by atoms with Crippen molar-refractivity contribution in [1.82, 2.24) is 0 Å². The molecule has 4 aliphatic carbocycles. The predicted octanol–water partition coefficient (Wildman–Crippen LogP) is 7.25. The van der Waals surface area contributed by atoms with Crippen LogP contribution in [0.5, 0.6) is 0 Å². The van der Waals surface area contributed by atoms with Gasteiger partial charge in [-0.2, -0.15) is 0 Å². The van der Waals surface area contributed by atoms with Crippen molar-refractivity contribution < 1.29 is 0 Å². The van der Waals surface area contributed by atoms with Crippen molar-refractivity contribution in [1.29, 1.82) is 0 Å². The molecule has 0 aromatic carbocycles. The van der Waals surface area contributed by atoms with Gasteiger partial charge >= 0.3 is 0 Å². The summed E-state index contributed by atoms with van der Waals surface area (Å²) in [5.74, 6) is 6.26. The van der Waals surface area contributed by atoms with E-state index in [1.165, 1.54) is 37.7 Å². The third-order valence-electron chi connectivity index (χ3n) is 8.48. The van der Waals surface area contributed by atoms with Crippen molar-refractivity contribution in [3.05, 3.63) is 12.2 Å². The Hall–Kier alpha value is -0.260. The fourth-order valence-electron chi connectivity index (χ4n) is 7.64. The number of hydrogen-bond donors (Lipinski definition) is 0. The molecule has 4 fully saturated rings. The van der Waals surface area contributed by atoms with Gasteiger partial charge in [0.15, 0.2) is 0 Å². The minimum absolute atomic E-state index is 0.606. The Kier molecular flexibility index (Phi) is 5.29. The predicted molar refractivity (Wildman–Crippen MR) is 101 cm³/mol. The zero-order valence-corrected chi connectivity index (χ0v) is 16.2. The third-order valence-corrected chi connectivity index (χ3v) is 8.48. The van der Waals surface area contributed by atoms with E-state index in [2.05, 4.69) is 20.4 Å². The first kappa shape index (κ1) is 17.6. The number of allylic oxidation sites excluding steroid dienone is 1. The molecule has 0 bridgehead atoms. The van der Waals surface area contributed by atoms with Crippen LogP contribution in [-0.4, -0.2) is 0 Å². The van der Waals surface area contributed by atoms with Crippen molar-refractivity contribution in [2.75, 3.05) is 0 Å². The second-order valence-corrected chi connectivity index (χ2v) is 9.24. The highest BCUT2D eigenvalue weighted by molar-refractivity contribution is 5.13. The van der Waals surface area contributed by atoms with Crippen LogP contribution in [0.25, 0.3) is 0 Å². The van der Waals surface area contributed by atoms with Gasteiger partial charge in [0, 0.05) is 0 Å². The summed E-state index contributed by atoms with van der Waals surface area (Å²) in [6, 6.07) is 0. The summed E-state index contributed by atoms with van der Waals surface area (Å²) in [5, 5.41) is 0. The highest BCUT2D eigenvalue weighted by atomic mass is 14.6. The fraction of sp³-hybridized carbons (Fsp3) is 0.913. The summed E-state index contributed by atoms with van der Waals surface area (Å²) in [7, 11) is 0. The Morgan fingerprint density at radius 2 is 1.57 bits per heavy atom. The maximum atomic E-state index is 4.34. The van der Waals surface area contributed by atoms with E-state index in [0.717, 1.165) is 35.5 Å². The van der Waals surface area contributed by atoms with E-state index < -0.39 is 0 Å². The molecule has 7 atom stereocenters.